The van der Waals surface area contributed by atoms with E-state index in [4.69, 9.17) is 26.1 Å². The van der Waals surface area contributed by atoms with E-state index in [0.29, 0.717) is 19.3 Å². The zero-order chi connectivity index (χ0) is 21.0. The van der Waals surface area contributed by atoms with Crippen LogP contribution in [0, 0.1) is 0 Å². The van der Waals surface area contributed by atoms with E-state index in [1.165, 1.54) is 11.1 Å². The van der Waals surface area contributed by atoms with Crippen LogP contribution in [-0.4, -0.2) is 38.4 Å². The molecule has 1 aliphatic rings. The molecule has 1 saturated heterocycles. The van der Waals surface area contributed by atoms with Crippen LogP contribution in [0.5, 0.6) is 0 Å². The first kappa shape index (κ1) is 22.6. The first-order valence-corrected chi connectivity index (χ1v) is 11.1. The number of aliphatic imine (C=N–C) groups is 1. The lowest BCUT2D eigenvalue weighted by Gasteiger charge is -2.22. The summed E-state index contributed by atoms with van der Waals surface area (Å²) < 4.78 is 11.4. The van der Waals surface area contributed by atoms with E-state index in [2.05, 4.69) is 47.9 Å². The normalized spacial score (nSPS) is 15.2. The van der Waals surface area contributed by atoms with Crippen LogP contribution in [0.4, 0.5) is 0 Å². The molecule has 6 heteroatoms. The Labute approximate surface area is 184 Å². The van der Waals surface area contributed by atoms with Crippen molar-refractivity contribution in [2.45, 2.75) is 45.4 Å². The topological polar surface area (TPSA) is 54.9 Å². The summed E-state index contributed by atoms with van der Waals surface area (Å²) in [6.07, 6.45) is 3.12. The van der Waals surface area contributed by atoms with Gasteiger partial charge in [0.25, 0.3) is 0 Å². The summed E-state index contributed by atoms with van der Waals surface area (Å²) >= 11 is 6.24. The molecule has 162 valence electrons. The average molecular weight is 430 g/mol. The molecule has 0 unspecified atom stereocenters. The predicted molar refractivity (Wildman–Crippen MR) is 123 cm³/mol. The summed E-state index contributed by atoms with van der Waals surface area (Å²) in [5.74, 6) is 0.813. The maximum absolute atomic E-state index is 6.24. The largest absolute Gasteiger partial charge is 0.381 e. The molecule has 3 rings (SSSR count). The van der Waals surface area contributed by atoms with Gasteiger partial charge >= 0.3 is 0 Å². The Morgan fingerprint density at radius 3 is 2.70 bits per heavy atom. The highest BCUT2D eigenvalue weighted by Gasteiger charge is 2.14. The minimum Gasteiger partial charge on any atom is -0.381 e. The Morgan fingerprint density at radius 1 is 1.10 bits per heavy atom. The van der Waals surface area contributed by atoms with E-state index in [0.717, 1.165) is 62.1 Å². The monoisotopic (exact) mass is 429 g/mol. The lowest BCUT2D eigenvalue weighted by atomic mass is 10.1. The number of benzene rings is 2. The third kappa shape index (κ3) is 7.63. The van der Waals surface area contributed by atoms with Gasteiger partial charge in [0.2, 0.25) is 0 Å². The van der Waals surface area contributed by atoms with Gasteiger partial charge in [-0.1, -0.05) is 54.1 Å². The standard InChI is InChI=1S/C24H32ClN3O2/c1-2-26-24(27-13-10-21-8-3-4-9-23(21)25)28-17-19-6-5-7-20(16-19)18-30-22-11-14-29-15-12-22/h3-9,16,22H,2,10-15,17-18H2,1H3,(H2,26,27,28). The second kappa shape index (κ2) is 12.6. The van der Waals surface area contributed by atoms with Crippen LogP contribution < -0.4 is 10.6 Å². The minimum atomic E-state index is 0.308. The van der Waals surface area contributed by atoms with E-state index < -0.39 is 0 Å². The Morgan fingerprint density at radius 2 is 1.90 bits per heavy atom. The fourth-order valence-corrected chi connectivity index (χ4v) is 3.63. The first-order valence-electron chi connectivity index (χ1n) is 10.8. The van der Waals surface area contributed by atoms with Gasteiger partial charge in [0.05, 0.1) is 19.3 Å². The Hall–Kier alpha value is -2.08. The van der Waals surface area contributed by atoms with E-state index in [1.54, 1.807) is 0 Å². The van der Waals surface area contributed by atoms with Gasteiger partial charge in [0.1, 0.15) is 0 Å². The van der Waals surface area contributed by atoms with Gasteiger partial charge in [-0.2, -0.15) is 0 Å². The molecule has 0 saturated carbocycles. The van der Waals surface area contributed by atoms with Crippen LogP contribution in [0.1, 0.15) is 36.5 Å². The maximum atomic E-state index is 6.24. The van der Waals surface area contributed by atoms with Crippen molar-refractivity contribution in [2.24, 2.45) is 4.99 Å². The Balaban J connectivity index is 1.50. The third-order valence-electron chi connectivity index (χ3n) is 5.05. The molecule has 0 aliphatic carbocycles. The van der Waals surface area contributed by atoms with Gasteiger partial charge < -0.3 is 20.1 Å². The molecule has 0 aromatic heterocycles. The van der Waals surface area contributed by atoms with Crippen LogP contribution in [0.25, 0.3) is 0 Å². The van der Waals surface area contributed by atoms with Crippen LogP contribution in [0.3, 0.4) is 0 Å². The second-order valence-electron chi connectivity index (χ2n) is 7.41. The molecule has 5 nitrogen and oxygen atoms in total. The first-order chi connectivity index (χ1) is 14.7. The van der Waals surface area contributed by atoms with E-state index >= 15 is 0 Å². The number of ether oxygens (including phenoxy) is 2. The Kier molecular flexibility index (Phi) is 9.48. The molecule has 1 fully saturated rings. The van der Waals surface area contributed by atoms with Crippen LogP contribution in [0.2, 0.25) is 5.02 Å². The molecule has 1 heterocycles. The molecule has 2 aromatic carbocycles. The summed E-state index contributed by atoms with van der Waals surface area (Å²) in [5, 5.41) is 7.51. The number of halogens is 1. The van der Waals surface area contributed by atoms with Crippen molar-refractivity contribution >= 4 is 17.6 Å². The number of nitrogens with one attached hydrogen (secondary N) is 2. The highest BCUT2D eigenvalue weighted by Crippen LogP contribution is 2.16. The molecule has 0 spiro atoms. The SMILES string of the molecule is CCNC(=NCc1cccc(COC2CCOCC2)c1)NCCc1ccccc1Cl. The number of hydrogen-bond donors (Lipinski definition) is 2. The summed E-state index contributed by atoms with van der Waals surface area (Å²) in [5.41, 5.74) is 3.50. The number of rotatable bonds is 9. The van der Waals surface area contributed by atoms with Crippen molar-refractivity contribution in [3.63, 3.8) is 0 Å². The van der Waals surface area contributed by atoms with Gasteiger partial charge in [-0.25, -0.2) is 4.99 Å². The fraction of sp³-hybridized carbons (Fsp3) is 0.458. The van der Waals surface area contributed by atoms with Crippen molar-refractivity contribution in [1.29, 1.82) is 0 Å². The zero-order valence-electron chi connectivity index (χ0n) is 17.7. The summed E-state index contributed by atoms with van der Waals surface area (Å²) in [4.78, 5) is 4.73. The van der Waals surface area contributed by atoms with Crippen molar-refractivity contribution in [3.05, 3.63) is 70.2 Å². The highest BCUT2D eigenvalue weighted by atomic mass is 35.5. The van der Waals surface area contributed by atoms with Crippen LogP contribution in [0.15, 0.2) is 53.5 Å². The van der Waals surface area contributed by atoms with Gasteiger partial charge in [0, 0.05) is 31.3 Å². The number of hydrogen-bond acceptors (Lipinski definition) is 3. The highest BCUT2D eigenvalue weighted by molar-refractivity contribution is 6.31. The third-order valence-corrected chi connectivity index (χ3v) is 5.42. The number of guanidine groups is 1. The molecule has 0 atom stereocenters. The molecule has 2 aromatic rings. The molecular formula is C24H32ClN3O2. The van der Waals surface area contributed by atoms with Crippen LogP contribution in [-0.2, 0) is 29.0 Å². The van der Waals surface area contributed by atoms with Gasteiger partial charge in [-0.05, 0) is 48.9 Å². The molecule has 30 heavy (non-hydrogen) atoms. The molecular weight excluding hydrogens is 398 g/mol. The predicted octanol–water partition coefficient (Wildman–Crippen LogP) is 4.33. The van der Waals surface area contributed by atoms with Crippen LogP contribution >= 0.6 is 11.6 Å². The molecule has 2 N–H and O–H groups in total. The summed E-state index contributed by atoms with van der Waals surface area (Å²) in [7, 11) is 0. The molecule has 0 bridgehead atoms. The average Bonchev–Trinajstić information content (AvgIpc) is 2.78. The lowest BCUT2D eigenvalue weighted by molar-refractivity contribution is -0.0390. The minimum absolute atomic E-state index is 0.308. The Bertz CT molecular complexity index is 807. The quantitative estimate of drug-likeness (QED) is 0.460. The van der Waals surface area contributed by atoms with Crippen molar-refractivity contribution in [1.82, 2.24) is 10.6 Å². The number of nitrogens with zero attached hydrogens (tertiary/aromatic N) is 1. The zero-order valence-corrected chi connectivity index (χ0v) is 18.5. The summed E-state index contributed by atoms with van der Waals surface area (Å²) in [6, 6.07) is 16.4. The molecule has 0 radical (unpaired) electrons. The second-order valence-corrected chi connectivity index (χ2v) is 7.81. The summed E-state index contributed by atoms with van der Waals surface area (Å²) in [6.45, 7) is 6.52. The van der Waals surface area contributed by atoms with Crippen molar-refractivity contribution < 1.29 is 9.47 Å². The molecule has 1 aliphatic heterocycles. The van der Waals surface area contributed by atoms with Gasteiger partial charge in [0.15, 0.2) is 5.96 Å². The smallest absolute Gasteiger partial charge is 0.191 e. The van der Waals surface area contributed by atoms with E-state index in [-0.39, 0.29) is 0 Å². The maximum Gasteiger partial charge on any atom is 0.191 e. The van der Waals surface area contributed by atoms with Gasteiger partial charge in [-0.3, -0.25) is 0 Å². The molecule has 0 amide bonds. The van der Waals surface area contributed by atoms with E-state index in [9.17, 15) is 0 Å². The van der Waals surface area contributed by atoms with Gasteiger partial charge in [-0.15, -0.1) is 0 Å². The van der Waals surface area contributed by atoms with E-state index in [1.807, 2.05) is 18.2 Å². The fourth-order valence-electron chi connectivity index (χ4n) is 3.40. The lowest BCUT2D eigenvalue weighted by Crippen LogP contribution is -2.38. The van der Waals surface area contributed by atoms with Crippen molar-refractivity contribution in [2.75, 3.05) is 26.3 Å². The van der Waals surface area contributed by atoms with Crippen molar-refractivity contribution in [3.8, 4) is 0 Å².